The number of nitrogens with zero attached hydrogens (tertiary/aromatic N) is 2. The minimum atomic E-state index is -0.276. The molecule has 0 spiro atoms. The molecule has 26 heavy (non-hydrogen) atoms. The molecule has 1 fully saturated rings. The maximum absolute atomic E-state index is 13.1. The van der Waals surface area contributed by atoms with Crippen LogP contribution in [0.1, 0.15) is 40.6 Å². The van der Waals surface area contributed by atoms with Crippen LogP contribution in [0.4, 0.5) is 9.18 Å². The quantitative estimate of drug-likeness (QED) is 0.862. The van der Waals surface area contributed by atoms with E-state index < -0.39 is 0 Å². The van der Waals surface area contributed by atoms with Crippen molar-refractivity contribution in [3.05, 3.63) is 51.2 Å². The fourth-order valence-corrected chi connectivity index (χ4v) is 4.06. The first-order chi connectivity index (χ1) is 12.6. The second-order valence-corrected chi connectivity index (χ2v) is 7.55. The van der Waals surface area contributed by atoms with Crippen molar-refractivity contribution in [2.24, 2.45) is 0 Å². The summed E-state index contributed by atoms with van der Waals surface area (Å²) < 4.78 is 18.8. The molecule has 2 aromatic rings. The number of halogens is 1. The molecular weight excluding hydrogens is 353 g/mol. The zero-order chi connectivity index (χ0) is 18.5. The van der Waals surface area contributed by atoms with Crippen LogP contribution in [-0.2, 0) is 17.7 Å². The van der Waals surface area contributed by atoms with Crippen molar-refractivity contribution in [3.63, 3.8) is 0 Å². The van der Waals surface area contributed by atoms with Gasteiger partial charge in [0.2, 0.25) is 0 Å². The van der Waals surface area contributed by atoms with Gasteiger partial charge in [-0.1, -0.05) is 19.1 Å². The van der Waals surface area contributed by atoms with E-state index in [4.69, 9.17) is 4.74 Å². The van der Waals surface area contributed by atoms with Crippen LogP contribution >= 0.6 is 11.3 Å². The predicted octanol–water partition coefficient (Wildman–Crippen LogP) is 3.83. The van der Waals surface area contributed by atoms with Gasteiger partial charge in [0.05, 0.1) is 30.4 Å². The Morgan fingerprint density at radius 1 is 1.42 bits per heavy atom. The van der Waals surface area contributed by atoms with E-state index in [-0.39, 0.29) is 18.0 Å². The van der Waals surface area contributed by atoms with Crippen molar-refractivity contribution >= 4 is 17.4 Å². The fraction of sp³-hybridized carbons (Fsp3) is 0.474. The Morgan fingerprint density at radius 3 is 2.92 bits per heavy atom. The second kappa shape index (κ2) is 8.60. The van der Waals surface area contributed by atoms with Gasteiger partial charge < -0.3 is 15.0 Å². The Morgan fingerprint density at radius 2 is 2.19 bits per heavy atom. The van der Waals surface area contributed by atoms with Gasteiger partial charge in [0.15, 0.2) is 0 Å². The number of aryl methyl sites for hydroxylation is 2. The third-order valence-electron chi connectivity index (χ3n) is 4.40. The Balaban J connectivity index is 1.56. The van der Waals surface area contributed by atoms with Crippen LogP contribution in [0.2, 0.25) is 0 Å². The highest BCUT2D eigenvalue weighted by Gasteiger charge is 2.25. The molecule has 1 saturated heterocycles. The lowest BCUT2D eigenvalue weighted by atomic mass is 10.1. The molecular formula is C19H24FN3O2S. The lowest BCUT2D eigenvalue weighted by molar-refractivity contribution is -0.0155. The topological polar surface area (TPSA) is 54.5 Å². The number of morpholine rings is 1. The molecule has 0 aliphatic carbocycles. The van der Waals surface area contributed by atoms with Gasteiger partial charge >= 0.3 is 6.03 Å². The minimum absolute atomic E-state index is 0.106. The number of aromatic nitrogens is 1. The van der Waals surface area contributed by atoms with Gasteiger partial charge in [-0.25, -0.2) is 14.2 Å². The van der Waals surface area contributed by atoms with E-state index in [0.717, 1.165) is 34.0 Å². The molecule has 0 bridgehead atoms. The number of rotatable bonds is 5. The average Bonchev–Trinajstić information content (AvgIpc) is 3.00. The van der Waals surface area contributed by atoms with Crippen LogP contribution in [0.25, 0.3) is 0 Å². The van der Waals surface area contributed by atoms with E-state index in [0.29, 0.717) is 26.2 Å². The average molecular weight is 377 g/mol. The lowest BCUT2D eigenvalue weighted by Crippen LogP contribution is -2.46. The summed E-state index contributed by atoms with van der Waals surface area (Å²) in [6, 6.07) is 6.13. The number of hydrogen-bond donors (Lipinski definition) is 1. The van der Waals surface area contributed by atoms with Gasteiger partial charge in [-0.15, -0.1) is 11.3 Å². The fourth-order valence-electron chi connectivity index (χ4n) is 2.95. The number of hydrogen-bond acceptors (Lipinski definition) is 4. The first-order valence-electron chi connectivity index (χ1n) is 8.92. The Bertz CT molecular complexity index is 748. The zero-order valence-electron chi connectivity index (χ0n) is 15.1. The summed E-state index contributed by atoms with van der Waals surface area (Å²) in [5, 5.41) is 4.11. The molecule has 0 unspecified atom stereocenters. The third-order valence-corrected chi connectivity index (χ3v) is 5.61. The Kier molecular flexibility index (Phi) is 6.21. The first kappa shape index (κ1) is 18.8. The van der Waals surface area contributed by atoms with Gasteiger partial charge in [-0.05, 0) is 37.5 Å². The maximum atomic E-state index is 13.1. The third kappa shape index (κ3) is 4.59. The van der Waals surface area contributed by atoms with Crippen molar-refractivity contribution in [1.82, 2.24) is 15.2 Å². The number of carbonyl (C=O) groups excluding carboxylic acids is 1. The van der Waals surface area contributed by atoms with E-state index >= 15 is 0 Å². The molecule has 5 nitrogen and oxygen atoms in total. The summed E-state index contributed by atoms with van der Waals surface area (Å²) in [5.74, 6) is -0.276. The molecule has 1 aliphatic rings. The molecule has 1 atom stereocenters. The number of ether oxygens (including phenoxy) is 1. The van der Waals surface area contributed by atoms with Crippen LogP contribution in [-0.4, -0.2) is 35.6 Å². The highest BCUT2D eigenvalue weighted by molar-refractivity contribution is 7.11. The van der Waals surface area contributed by atoms with Crippen molar-refractivity contribution in [3.8, 4) is 0 Å². The number of nitrogens with one attached hydrogen (secondary N) is 1. The van der Waals surface area contributed by atoms with Crippen LogP contribution in [0.5, 0.6) is 0 Å². The summed E-state index contributed by atoms with van der Waals surface area (Å²) >= 11 is 1.67. The number of carbonyl (C=O) groups is 1. The van der Waals surface area contributed by atoms with Gasteiger partial charge in [-0.3, -0.25) is 0 Å². The van der Waals surface area contributed by atoms with Crippen molar-refractivity contribution < 1.29 is 13.9 Å². The monoisotopic (exact) mass is 377 g/mol. The summed E-state index contributed by atoms with van der Waals surface area (Å²) in [4.78, 5) is 19.9. The largest absolute Gasteiger partial charge is 0.370 e. The maximum Gasteiger partial charge on any atom is 0.317 e. The number of urea groups is 1. The number of benzene rings is 1. The highest BCUT2D eigenvalue weighted by atomic mass is 32.1. The summed E-state index contributed by atoms with van der Waals surface area (Å²) in [7, 11) is 0. The van der Waals surface area contributed by atoms with Crippen LogP contribution in [0, 0.1) is 12.7 Å². The van der Waals surface area contributed by atoms with Gasteiger partial charge in [0.25, 0.3) is 0 Å². The molecule has 1 aromatic heterocycles. The van der Waals surface area contributed by atoms with Crippen molar-refractivity contribution in [1.29, 1.82) is 0 Å². The van der Waals surface area contributed by atoms with Crippen molar-refractivity contribution in [2.45, 2.75) is 39.3 Å². The molecule has 2 heterocycles. The summed E-state index contributed by atoms with van der Waals surface area (Å²) in [6.45, 7) is 6.08. The smallest absolute Gasteiger partial charge is 0.317 e. The molecule has 1 aliphatic heterocycles. The zero-order valence-corrected chi connectivity index (χ0v) is 15.9. The van der Waals surface area contributed by atoms with Gasteiger partial charge in [0, 0.05) is 11.4 Å². The van der Waals surface area contributed by atoms with Gasteiger partial charge in [-0.2, -0.15) is 0 Å². The Labute approximate surface area is 157 Å². The second-order valence-electron chi connectivity index (χ2n) is 6.38. The molecule has 2 amide bonds. The van der Waals surface area contributed by atoms with E-state index in [9.17, 15) is 9.18 Å². The summed E-state index contributed by atoms with van der Waals surface area (Å²) in [6.07, 6.45) is 1.82. The molecule has 1 N–H and O–H groups in total. The van der Waals surface area contributed by atoms with E-state index in [2.05, 4.69) is 17.2 Å². The highest BCUT2D eigenvalue weighted by Crippen LogP contribution is 2.23. The van der Waals surface area contributed by atoms with E-state index in [1.54, 1.807) is 28.4 Å². The van der Waals surface area contributed by atoms with Crippen LogP contribution in [0.3, 0.4) is 0 Å². The van der Waals surface area contributed by atoms with Gasteiger partial charge in [0.1, 0.15) is 11.9 Å². The predicted molar refractivity (Wildman–Crippen MR) is 99.7 cm³/mol. The molecule has 0 radical (unpaired) electrons. The number of thiazole rings is 1. The van der Waals surface area contributed by atoms with Crippen molar-refractivity contribution in [2.75, 3.05) is 19.7 Å². The molecule has 7 heteroatoms. The van der Waals surface area contributed by atoms with Crippen LogP contribution < -0.4 is 5.32 Å². The first-order valence-corrected chi connectivity index (χ1v) is 9.73. The van der Waals surface area contributed by atoms with E-state index in [1.165, 1.54) is 12.1 Å². The summed E-state index contributed by atoms with van der Waals surface area (Å²) in [5.41, 5.74) is 1.87. The standard InChI is InChI=1S/C19H24FN3O2S/c1-3-4-18-22-13(2)17(26-18)11-21-19(24)23-9-10-25-16(12-23)14-5-7-15(20)8-6-14/h5-8,16H,3-4,9-12H2,1-2H3,(H,21,24)/t16-/m1/s1. The van der Waals surface area contributed by atoms with E-state index in [1.807, 2.05) is 6.92 Å². The molecule has 140 valence electrons. The normalized spacial score (nSPS) is 17.3. The molecule has 3 rings (SSSR count). The lowest BCUT2D eigenvalue weighted by Gasteiger charge is -2.33. The SMILES string of the molecule is CCCc1nc(C)c(CNC(=O)N2CCO[C@@H](c3ccc(F)cc3)C2)s1. The number of amides is 2. The molecule has 0 saturated carbocycles. The Hall–Kier alpha value is -1.99. The molecule has 1 aromatic carbocycles. The minimum Gasteiger partial charge on any atom is -0.370 e. The van der Waals surface area contributed by atoms with Crippen LogP contribution in [0.15, 0.2) is 24.3 Å².